The number of H-pyrrole nitrogens is 2. The molecule has 7 nitrogen and oxygen atoms in total. The predicted molar refractivity (Wildman–Crippen MR) is 80.3 cm³/mol. The van der Waals surface area contributed by atoms with Gasteiger partial charge in [0.2, 0.25) is 0 Å². The summed E-state index contributed by atoms with van der Waals surface area (Å²) in [6.45, 7) is 5.84. The van der Waals surface area contributed by atoms with E-state index in [1.54, 1.807) is 4.90 Å². The van der Waals surface area contributed by atoms with Gasteiger partial charge in [0.05, 0.1) is 13.2 Å². The van der Waals surface area contributed by atoms with Crippen LogP contribution in [0.1, 0.15) is 41.8 Å². The number of carbonyl (C=O) groups excluding carboxylic acids is 1. The van der Waals surface area contributed by atoms with Crippen LogP contribution in [0.25, 0.3) is 0 Å². The van der Waals surface area contributed by atoms with Gasteiger partial charge in [-0.3, -0.25) is 9.89 Å². The van der Waals surface area contributed by atoms with Crippen LogP contribution in [0.3, 0.4) is 0 Å². The third-order valence-electron chi connectivity index (χ3n) is 3.76. The first-order chi connectivity index (χ1) is 10.6. The molecule has 0 saturated carbocycles. The smallest absolute Gasteiger partial charge is 0.271 e. The summed E-state index contributed by atoms with van der Waals surface area (Å²) in [7, 11) is 0. The molecule has 2 N–H and O–H groups in total. The molecule has 2 aromatic heterocycles. The van der Waals surface area contributed by atoms with Crippen LogP contribution in [0.2, 0.25) is 0 Å². The van der Waals surface area contributed by atoms with Crippen molar-refractivity contribution >= 4 is 5.91 Å². The van der Waals surface area contributed by atoms with Gasteiger partial charge in [-0.2, -0.15) is 5.10 Å². The van der Waals surface area contributed by atoms with Crippen LogP contribution >= 0.6 is 0 Å². The molecule has 1 aliphatic heterocycles. The monoisotopic (exact) mass is 303 g/mol. The molecule has 2 aromatic rings. The summed E-state index contributed by atoms with van der Waals surface area (Å²) in [5.41, 5.74) is 1.77. The highest BCUT2D eigenvalue weighted by Gasteiger charge is 2.31. The Bertz CT molecular complexity index is 620. The summed E-state index contributed by atoms with van der Waals surface area (Å²) in [6.07, 6.45) is 4.32. The fourth-order valence-corrected chi connectivity index (χ4v) is 2.76. The van der Waals surface area contributed by atoms with Crippen molar-refractivity contribution in [1.82, 2.24) is 25.1 Å². The molecule has 0 spiro atoms. The lowest BCUT2D eigenvalue weighted by Gasteiger charge is -2.33. The van der Waals surface area contributed by atoms with Crippen molar-refractivity contribution in [3.05, 3.63) is 35.7 Å². The average Bonchev–Trinajstić information content (AvgIpc) is 3.17. The number of rotatable bonds is 4. The predicted octanol–water partition coefficient (Wildman–Crippen LogP) is 1.54. The van der Waals surface area contributed by atoms with E-state index in [-0.39, 0.29) is 11.9 Å². The maximum absolute atomic E-state index is 12.8. The molecule has 1 atom stereocenters. The van der Waals surface area contributed by atoms with E-state index in [4.69, 9.17) is 4.74 Å². The van der Waals surface area contributed by atoms with Crippen molar-refractivity contribution in [3.63, 3.8) is 0 Å². The molecule has 1 unspecified atom stereocenters. The van der Waals surface area contributed by atoms with E-state index in [1.807, 2.05) is 12.3 Å². The van der Waals surface area contributed by atoms with E-state index in [1.165, 1.54) is 6.33 Å². The second-order valence-corrected chi connectivity index (χ2v) is 5.98. The molecule has 3 rings (SSSR count). The van der Waals surface area contributed by atoms with Crippen LogP contribution in [0.15, 0.2) is 18.6 Å². The maximum atomic E-state index is 12.8. The number of morpholine rings is 1. The molecule has 118 valence electrons. The van der Waals surface area contributed by atoms with Crippen LogP contribution in [0, 0.1) is 5.92 Å². The molecule has 3 heterocycles. The van der Waals surface area contributed by atoms with Gasteiger partial charge in [0, 0.05) is 12.7 Å². The molecular formula is C15H21N5O2. The minimum Gasteiger partial charge on any atom is -0.377 e. The molecule has 1 saturated heterocycles. The van der Waals surface area contributed by atoms with Crippen molar-refractivity contribution in [2.45, 2.75) is 26.3 Å². The molecule has 7 heteroatoms. The summed E-state index contributed by atoms with van der Waals surface area (Å²) in [6, 6.07) is 1.72. The topological polar surface area (TPSA) is 86.9 Å². The maximum Gasteiger partial charge on any atom is 0.271 e. The number of aromatic nitrogens is 4. The highest BCUT2D eigenvalue weighted by molar-refractivity contribution is 5.93. The molecule has 1 aliphatic rings. The second-order valence-electron chi connectivity index (χ2n) is 5.98. The lowest BCUT2D eigenvalue weighted by Crippen LogP contribution is -2.44. The number of hydrogen-bond donors (Lipinski definition) is 2. The fourth-order valence-electron chi connectivity index (χ4n) is 2.76. The first kappa shape index (κ1) is 14.8. The zero-order chi connectivity index (χ0) is 15.5. The van der Waals surface area contributed by atoms with Crippen molar-refractivity contribution in [3.8, 4) is 0 Å². The second kappa shape index (κ2) is 6.31. The highest BCUT2D eigenvalue weighted by atomic mass is 16.5. The van der Waals surface area contributed by atoms with Gasteiger partial charge in [0.15, 0.2) is 0 Å². The van der Waals surface area contributed by atoms with E-state index in [9.17, 15) is 4.79 Å². The van der Waals surface area contributed by atoms with Crippen LogP contribution < -0.4 is 0 Å². The Morgan fingerprint density at radius 1 is 1.55 bits per heavy atom. The van der Waals surface area contributed by atoms with Crippen molar-refractivity contribution in [2.24, 2.45) is 5.92 Å². The van der Waals surface area contributed by atoms with Gasteiger partial charge in [-0.05, 0) is 24.0 Å². The molecule has 0 aliphatic carbocycles. The summed E-state index contributed by atoms with van der Waals surface area (Å²) >= 11 is 0. The van der Waals surface area contributed by atoms with Crippen LogP contribution in [0.4, 0.5) is 0 Å². The van der Waals surface area contributed by atoms with Gasteiger partial charge in [0.1, 0.15) is 23.9 Å². The largest absolute Gasteiger partial charge is 0.377 e. The number of amides is 1. The van der Waals surface area contributed by atoms with Gasteiger partial charge in [-0.15, -0.1) is 0 Å². The fraction of sp³-hybridized carbons (Fsp3) is 0.533. The third kappa shape index (κ3) is 3.04. The van der Waals surface area contributed by atoms with Gasteiger partial charge in [0.25, 0.3) is 5.91 Å². The molecule has 0 aromatic carbocycles. The Morgan fingerprint density at radius 3 is 3.14 bits per heavy atom. The zero-order valence-corrected chi connectivity index (χ0v) is 12.9. The third-order valence-corrected chi connectivity index (χ3v) is 3.76. The molecule has 1 fully saturated rings. The number of nitrogens with zero attached hydrogens (tertiary/aromatic N) is 3. The molecule has 0 bridgehead atoms. The Morgan fingerprint density at radius 2 is 2.41 bits per heavy atom. The van der Waals surface area contributed by atoms with E-state index in [2.05, 4.69) is 34.0 Å². The minimum absolute atomic E-state index is 0.0280. The summed E-state index contributed by atoms with van der Waals surface area (Å²) in [4.78, 5) is 21.8. The van der Waals surface area contributed by atoms with E-state index in [0.29, 0.717) is 37.2 Å². The average molecular weight is 303 g/mol. The quantitative estimate of drug-likeness (QED) is 0.897. The summed E-state index contributed by atoms with van der Waals surface area (Å²) in [5.74, 6) is 1.19. The lowest BCUT2D eigenvalue weighted by atomic mass is 10.1. The Balaban J connectivity index is 1.78. The molecule has 1 amide bonds. The van der Waals surface area contributed by atoms with Crippen molar-refractivity contribution in [2.75, 3.05) is 19.8 Å². The number of carbonyl (C=O) groups is 1. The Kier molecular flexibility index (Phi) is 4.24. The summed E-state index contributed by atoms with van der Waals surface area (Å²) in [5, 5.41) is 6.69. The van der Waals surface area contributed by atoms with Crippen molar-refractivity contribution in [1.29, 1.82) is 0 Å². The van der Waals surface area contributed by atoms with Gasteiger partial charge in [-0.1, -0.05) is 13.8 Å². The normalized spacial score (nSPS) is 18.9. The van der Waals surface area contributed by atoms with E-state index in [0.717, 1.165) is 12.0 Å². The number of ether oxygens (including phenoxy) is 1. The molecule has 0 radical (unpaired) electrons. The zero-order valence-electron chi connectivity index (χ0n) is 12.9. The van der Waals surface area contributed by atoms with Gasteiger partial charge in [-0.25, -0.2) is 4.98 Å². The lowest BCUT2D eigenvalue weighted by molar-refractivity contribution is -0.00539. The van der Waals surface area contributed by atoms with Gasteiger partial charge < -0.3 is 14.6 Å². The van der Waals surface area contributed by atoms with Gasteiger partial charge >= 0.3 is 0 Å². The highest BCUT2D eigenvalue weighted by Crippen LogP contribution is 2.23. The molecular weight excluding hydrogens is 282 g/mol. The van der Waals surface area contributed by atoms with Crippen molar-refractivity contribution < 1.29 is 9.53 Å². The standard InChI is InChI=1S/C15H21N5O2/c1-10(2)5-11-6-12(16-7-11)15(21)20-3-4-22-8-13(20)14-17-9-18-19-14/h6-7,9-10,13,16H,3-5,8H2,1-2H3,(H,17,18,19). The summed E-state index contributed by atoms with van der Waals surface area (Å²) < 4.78 is 5.49. The SMILES string of the molecule is CC(C)Cc1c[nH]c(C(=O)N2CCOCC2c2ncn[nH]2)c1. The van der Waals surface area contributed by atoms with Crippen LogP contribution in [0.5, 0.6) is 0 Å². The Hall–Kier alpha value is -2.15. The number of nitrogens with one attached hydrogen (secondary N) is 2. The number of aromatic amines is 2. The van der Waals surface area contributed by atoms with E-state index >= 15 is 0 Å². The first-order valence-corrected chi connectivity index (χ1v) is 7.56. The van der Waals surface area contributed by atoms with Crippen LogP contribution in [-0.2, 0) is 11.2 Å². The Labute approximate surface area is 129 Å². The minimum atomic E-state index is -0.222. The number of hydrogen-bond acceptors (Lipinski definition) is 4. The van der Waals surface area contributed by atoms with E-state index < -0.39 is 0 Å². The first-order valence-electron chi connectivity index (χ1n) is 7.56. The van der Waals surface area contributed by atoms with Crippen LogP contribution in [-0.4, -0.2) is 50.7 Å². The molecule has 22 heavy (non-hydrogen) atoms.